The maximum absolute atomic E-state index is 11.6. The van der Waals surface area contributed by atoms with Gasteiger partial charge >= 0.3 is 0 Å². The third-order valence-corrected chi connectivity index (χ3v) is 4.39. The third-order valence-electron chi connectivity index (χ3n) is 3.44. The van der Waals surface area contributed by atoms with E-state index < -0.39 is 0 Å². The van der Waals surface area contributed by atoms with Gasteiger partial charge in [0.15, 0.2) is 0 Å². The molecule has 1 amide bonds. The summed E-state index contributed by atoms with van der Waals surface area (Å²) in [6.45, 7) is 1.51. The summed E-state index contributed by atoms with van der Waals surface area (Å²) < 4.78 is 0. The Kier molecular flexibility index (Phi) is 4.71. The molecule has 1 aromatic heterocycles. The van der Waals surface area contributed by atoms with Crippen LogP contribution in [0.1, 0.15) is 34.5 Å². The maximum atomic E-state index is 11.6. The van der Waals surface area contributed by atoms with Crippen molar-refractivity contribution in [3.8, 4) is 0 Å². The van der Waals surface area contributed by atoms with E-state index in [1.807, 2.05) is 11.4 Å². The van der Waals surface area contributed by atoms with E-state index in [9.17, 15) is 4.79 Å². The molecule has 18 heavy (non-hydrogen) atoms. The summed E-state index contributed by atoms with van der Waals surface area (Å²) in [7, 11) is 0. The van der Waals surface area contributed by atoms with Gasteiger partial charge in [-0.25, -0.2) is 5.84 Å². The van der Waals surface area contributed by atoms with Crippen LogP contribution >= 0.6 is 11.3 Å². The molecular formula is C12H19N3O2S. The summed E-state index contributed by atoms with van der Waals surface area (Å²) in [5.74, 6) is 4.93. The topological polar surface area (TPSA) is 78.6 Å². The van der Waals surface area contributed by atoms with Crippen LogP contribution in [0.2, 0.25) is 0 Å². The standard InChI is InChI=1S/C12H19N3O2S/c13-14-12(17)11-9(4-7-18-11)8-15(5-6-16)10-2-1-3-10/h4,7,10,16H,1-3,5-6,8,13H2,(H,14,17). The van der Waals surface area contributed by atoms with Crippen molar-refractivity contribution < 1.29 is 9.90 Å². The molecule has 100 valence electrons. The lowest BCUT2D eigenvalue weighted by Gasteiger charge is -2.37. The highest BCUT2D eigenvalue weighted by atomic mass is 32.1. The zero-order valence-corrected chi connectivity index (χ0v) is 11.1. The minimum atomic E-state index is -0.238. The van der Waals surface area contributed by atoms with Gasteiger partial charge in [-0.1, -0.05) is 6.42 Å². The Labute approximate surface area is 111 Å². The predicted octanol–water partition coefficient (Wildman–Crippen LogP) is 0.698. The van der Waals surface area contributed by atoms with E-state index in [1.165, 1.54) is 30.6 Å². The predicted molar refractivity (Wildman–Crippen MR) is 71.1 cm³/mol. The van der Waals surface area contributed by atoms with Crippen molar-refractivity contribution in [2.24, 2.45) is 5.84 Å². The number of aliphatic hydroxyl groups is 1. The number of nitrogens with zero attached hydrogens (tertiary/aromatic N) is 1. The van der Waals surface area contributed by atoms with E-state index in [1.54, 1.807) is 0 Å². The Balaban J connectivity index is 2.06. The largest absolute Gasteiger partial charge is 0.395 e. The van der Waals surface area contributed by atoms with Gasteiger partial charge in [0.1, 0.15) is 0 Å². The van der Waals surface area contributed by atoms with Crippen LogP contribution in [0.15, 0.2) is 11.4 Å². The van der Waals surface area contributed by atoms with Crippen LogP contribution in [0.25, 0.3) is 0 Å². The lowest BCUT2D eigenvalue weighted by atomic mass is 9.91. The fraction of sp³-hybridized carbons (Fsp3) is 0.583. The number of nitrogens with two attached hydrogens (primary N) is 1. The van der Waals surface area contributed by atoms with Crippen LogP contribution < -0.4 is 11.3 Å². The SMILES string of the molecule is NNC(=O)c1sccc1CN(CCO)C1CCC1. The maximum Gasteiger partial charge on any atom is 0.275 e. The minimum Gasteiger partial charge on any atom is -0.395 e. The molecule has 1 saturated carbocycles. The van der Waals surface area contributed by atoms with Crippen LogP contribution in [-0.2, 0) is 6.54 Å². The van der Waals surface area contributed by atoms with Crippen molar-refractivity contribution in [3.05, 3.63) is 21.9 Å². The number of amides is 1. The number of carbonyl (C=O) groups is 1. The van der Waals surface area contributed by atoms with Gasteiger partial charge in [-0.05, 0) is 29.9 Å². The second-order valence-corrected chi connectivity index (χ2v) is 5.44. The lowest BCUT2D eigenvalue weighted by Crippen LogP contribution is -2.41. The Hall–Kier alpha value is -0.950. The minimum absolute atomic E-state index is 0.152. The van der Waals surface area contributed by atoms with E-state index in [0.717, 1.165) is 5.56 Å². The van der Waals surface area contributed by atoms with Gasteiger partial charge in [0.2, 0.25) is 0 Å². The highest BCUT2D eigenvalue weighted by Crippen LogP contribution is 2.27. The first-order valence-corrected chi connectivity index (χ1v) is 7.06. The van der Waals surface area contributed by atoms with Crippen molar-refractivity contribution in [1.29, 1.82) is 0 Å². The fourth-order valence-electron chi connectivity index (χ4n) is 2.21. The number of hydrazine groups is 1. The number of nitrogens with one attached hydrogen (secondary N) is 1. The Morgan fingerprint density at radius 3 is 2.94 bits per heavy atom. The molecule has 0 aliphatic heterocycles. The van der Waals surface area contributed by atoms with Crippen molar-refractivity contribution >= 4 is 17.2 Å². The molecule has 1 heterocycles. The molecule has 0 aromatic carbocycles. The molecule has 0 saturated heterocycles. The molecule has 0 bridgehead atoms. The highest BCUT2D eigenvalue weighted by Gasteiger charge is 2.25. The average molecular weight is 269 g/mol. The van der Waals surface area contributed by atoms with Crippen LogP contribution in [0, 0.1) is 0 Å². The molecule has 1 aromatic rings. The molecule has 4 N–H and O–H groups in total. The molecule has 6 heteroatoms. The molecule has 1 fully saturated rings. The lowest BCUT2D eigenvalue weighted by molar-refractivity contribution is 0.0914. The van der Waals surface area contributed by atoms with Gasteiger partial charge in [-0.15, -0.1) is 11.3 Å². The summed E-state index contributed by atoms with van der Waals surface area (Å²) in [6, 6.07) is 2.50. The third kappa shape index (κ3) is 2.89. The molecule has 1 aliphatic rings. The zero-order chi connectivity index (χ0) is 13.0. The number of thiophene rings is 1. The number of rotatable bonds is 6. The van der Waals surface area contributed by atoms with Gasteiger partial charge < -0.3 is 5.11 Å². The van der Waals surface area contributed by atoms with Crippen LogP contribution in [0.3, 0.4) is 0 Å². The molecule has 0 radical (unpaired) electrons. The van der Waals surface area contributed by atoms with E-state index in [0.29, 0.717) is 24.0 Å². The number of carbonyl (C=O) groups excluding carboxylic acids is 1. The van der Waals surface area contributed by atoms with Crippen LogP contribution in [0.5, 0.6) is 0 Å². The summed E-state index contributed by atoms with van der Waals surface area (Å²) in [4.78, 5) is 14.5. The summed E-state index contributed by atoms with van der Waals surface area (Å²) in [5.41, 5.74) is 3.16. The zero-order valence-electron chi connectivity index (χ0n) is 10.3. The van der Waals surface area contributed by atoms with Gasteiger partial charge in [0, 0.05) is 19.1 Å². The van der Waals surface area contributed by atoms with Gasteiger partial charge in [-0.3, -0.25) is 15.1 Å². The number of hydrogen-bond acceptors (Lipinski definition) is 5. The van der Waals surface area contributed by atoms with Gasteiger partial charge in [-0.2, -0.15) is 0 Å². The number of aliphatic hydroxyl groups excluding tert-OH is 1. The Bertz CT molecular complexity index is 404. The first kappa shape index (κ1) is 13.5. The van der Waals surface area contributed by atoms with Crippen molar-refractivity contribution in [2.75, 3.05) is 13.2 Å². The summed E-state index contributed by atoms with van der Waals surface area (Å²) in [6.07, 6.45) is 3.62. The number of hydrogen-bond donors (Lipinski definition) is 3. The van der Waals surface area contributed by atoms with Crippen molar-refractivity contribution in [2.45, 2.75) is 31.8 Å². The molecule has 0 unspecified atom stereocenters. The molecule has 1 aliphatic carbocycles. The molecule has 0 spiro atoms. The summed E-state index contributed by atoms with van der Waals surface area (Å²) >= 11 is 1.40. The second-order valence-electron chi connectivity index (χ2n) is 4.53. The monoisotopic (exact) mass is 269 g/mol. The van der Waals surface area contributed by atoms with Gasteiger partial charge in [0.05, 0.1) is 11.5 Å². The Morgan fingerprint density at radius 2 is 2.39 bits per heavy atom. The number of nitrogen functional groups attached to an aromatic ring is 1. The van der Waals surface area contributed by atoms with E-state index in [4.69, 9.17) is 10.9 Å². The normalized spacial score (nSPS) is 15.7. The van der Waals surface area contributed by atoms with Crippen LogP contribution in [0.4, 0.5) is 0 Å². The van der Waals surface area contributed by atoms with Crippen LogP contribution in [-0.4, -0.2) is 35.1 Å². The molecule has 2 rings (SSSR count). The molecule has 5 nitrogen and oxygen atoms in total. The fourth-order valence-corrected chi connectivity index (χ4v) is 3.03. The van der Waals surface area contributed by atoms with E-state index in [-0.39, 0.29) is 12.5 Å². The Morgan fingerprint density at radius 1 is 1.61 bits per heavy atom. The average Bonchev–Trinajstić information content (AvgIpc) is 2.74. The molecular weight excluding hydrogens is 250 g/mol. The first-order chi connectivity index (χ1) is 8.76. The van der Waals surface area contributed by atoms with Crippen molar-refractivity contribution in [1.82, 2.24) is 10.3 Å². The van der Waals surface area contributed by atoms with Crippen molar-refractivity contribution in [3.63, 3.8) is 0 Å². The van der Waals surface area contributed by atoms with E-state index in [2.05, 4.69) is 10.3 Å². The highest BCUT2D eigenvalue weighted by molar-refractivity contribution is 7.12. The first-order valence-electron chi connectivity index (χ1n) is 6.18. The second kappa shape index (κ2) is 6.29. The smallest absolute Gasteiger partial charge is 0.275 e. The van der Waals surface area contributed by atoms with Gasteiger partial charge in [0.25, 0.3) is 5.91 Å². The van der Waals surface area contributed by atoms with E-state index >= 15 is 0 Å². The quantitative estimate of drug-likeness (QED) is 0.403. The molecule has 0 atom stereocenters. The summed E-state index contributed by atoms with van der Waals surface area (Å²) in [5, 5.41) is 11.0.